The zero-order valence-corrected chi connectivity index (χ0v) is 10.3. The summed E-state index contributed by atoms with van der Waals surface area (Å²) in [6.07, 6.45) is 0.651. The van der Waals surface area contributed by atoms with Crippen LogP contribution < -0.4 is 5.32 Å². The Hall–Kier alpha value is -0.230. The van der Waals surface area contributed by atoms with Crippen molar-refractivity contribution >= 4 is 0 Å². The molecule has 1 fully saturated rings. The van der Waals surface area contributed by atoms with Crippen LogP contribution in [-0.2, 0) is 9.78 Å². The van der Waals surface area contributed by atoms with Crippen LogP contribution in [0.4, 0.5) is 4.53 Å². The highest BCUT2D eigenvalue weighted by molar-refractivity contribution is 4.78. The van der Waals surface area contributed by atoms with E-state index in [1.165, 1.54) is 18.6 Å². The maximum Gasteiger partial charge on any atom is 0.187 e. The minimum absolute atomic E-state index is 0.0238. The number of hydroxylamine groups is 2. The van der Waals surface area contributed by atoms with E-state index in [0.717, 1.165) is 0 Å². The lowest BCUT2D eigenvalue weighted by Crippen LogP contribution is -2.42. The van der Waals surface area contributed by atoms with Crippen LogP contribution in [-0.4, -0.2) is 31.1 Å². The van der Waals surface area contributed by atoms with Crippen LogP contribution in [0, 0.1) is 5.92 Å². The molecular weight excluding hydrogens is 199 g/mol. The van der Waals surface area contributed by atoms with Crippen LogP contribution in [0.25, 0.3) is 0 Å². The van der Waals surface area contributed by atoms with Crippen LogP contribution in [0.5, 0.6) is 0 Å². The van der Waals surface area contributed by atoms with Gasteiger partial charge in [0.1, 0.15) is 0 Å². The first-order valence-corrected chi connectivity index (χ1v) is 5.45. The van der Waals surface area contributed by atoms with Crippen molar-refractivity contribution in [2.75, 3.05) is 13.7 Å². The van der Waals surface area contributed by atoms with Crippen LogP contribution in [0.15, 0.2) is 0 Å². The molecule has 0 radical (unpaired) electrons. The molecule has 0 amide bonds. The molecule has 0 bridgehead atoms. The van der Waals surface area contributed by atoms with Crippen molar-refractivity contribution in [3.05, 3.63) is 0 Å². The molecule has 1 aliphatic heterocycles. The lowest BCUT2D eigenvalue weighted by molar-refractivity contribution is -0.305. The summed E-state index contributed by atoms with van der Waals surface area (Å²) in [5.74, 6) is 0.352. The average Bonchev–Trinajstić information content (AvgIpc) is 2.61. The molecule has 0 spiro atoms. The van der Waals surface area contributed by atoms with Gasteiger partial charge < -0.3 is 0 Å². The highest BCUT2D eigenvalue weighted by Gasteiger charge is 2.36. The Morgan fingerprint density at radius 3 is 2.33 bits per heavy atom. The van der Waals surface area contributed by atoms with Gasteiger partial charge in [-0.05, 0) is 10.4 Å². The van der Waals surface area contributed by atoms with Gasteiger partial charge >= 0.3 is 0 Å². The number of halogens is 1. The topological polar surface area (TPSA) is 33.7 Å². The van der Waals surface area contributed by atoms with Gasteiger partial charge in [0, 0.05) is 6.54 Å². The van der Waals surface area contributed by atoms with Crippen LogP contribution in [0.1, 0.15) is 34.1 Å². The van der Waals surface area contributed by atoms with Crippen molar-refractivity contribution < 1.29 is 14.3 Å². The van der Waals surface area contributed by atoms with Crippen molar-refractivity contribution in [1.29, 1.82) is 0 Å². The van der Waals surface area contributed by atoms with E-state index in [-0.39, 0.29) is 6.17 Å². The molecule has 1 saturated heterocycles. The lowest BCUT2D eigenvalue weighted by atomic mass is 10.2. The third-order valence-electron chi connectivity index (χ3n) is 2.00. The van der Waals surface area contributed by atoms with Crippen LogP contribution in [0.3, 0.4) is 0 Å². The first-order valence-electron chi connectivity index (χ1n) is 5.45. The predicted octanol–water partition coefficient (Wildman–Crippen LogP) is 2.08. The molecule has 1 aliphatic rings. The smallest absolute Gasteiger partial charge is 0.187 e. The predicted molar refractivity (Wildman–Crippen MR) is 57.4 cm³/mol. The minimum atomic E-state index is -0.623. The molecule has 2 unspecified atom stereocenters. The van der Waals surface area contributed by atoms with E-state index < -0.39 is 6.23 Å². The molecule has 2 atom stereocenters. The van der Waals surface area contributed by atoms with E-state index in [9.17, 15) is 4.53 Å². The van der Waals surface area contributed by atoms with Crippen molar-refractivity contribution in [2.24, 2.45) is 5.92 Å². The number of hydrogen-bond acceptors (Lipinski definition) is 4. The molecule has 15 heavy (non-hydrogen) atoms. The van der Waals surface area contributed by atoms with Crippen molar-refractivity contribution in [3.63, 3.8) is 0 Å². The lowest BCUT2D eigenvalue weighted by Gasteiger charge is -2.26. The summed E-state index contributed by atoms with van der Waals surface area (Å²) >= 11 is 0. The summed E-state index contributed by atoms with van der Waals surface area (Å²) in [7, 11) is 1.51. The SMILES string of the molecule is CCC.CON1C(OF)CNC1C(C)C. The Bertz CT molecular complexity index is 158. The van der Waals surface area contributed by atoms with Gasteiger partial charge in [0.05, 0.1) is 13.3 Å². The third kappa shape index (κ3) is 4.42. The Morgan fingerprint density at radius 2 is 2.00 bits per heavy atom. The Labute approximate surface area is 91.6 Å². The molecule has 0 aromatic heterocycles. The molecule has 0 aromatic carbocycles. The van der Waals surface area contributed by atoms with E-state index >= 15 is 0 Å². The molecule has 4 nitrogen and oxygen atoms in total. The number of nitrogens with zero attached hydrogens (tertiary/aromatic N) is 1. The molecule has 1 N–H and O–H groups in total. The second-order valence-electron chi connectivity index (χ2n) is 3.89. The fourth-order valence-electron chi connectivity index (χ4n) is 1.41. The van der Waals surface area contributed by atoms with Crippen molar-refractivity contribution in [2.45, 2.75) is 46.5 Å². The number of rotatable bonds is 3. The molecule has 0 aliphatic carbocycles. The standard InChI is InChI=1S/C7H15FN2O2.C3H8/c1-5(2)7-9-4-6(12-8)10(7)11-3;1-3-2/h5-7,9H,4H2,1-3H3;3H2,1-2H3. The van der Waals surface area contributed by atoms with E-state index in [4.69, 9.17) is 4.84 Å². The van der Waals surface area contributed by atoms with E-state index in [0.29, 0.717) is 12.5 Å². The zero-order chi connectivity index (χ0) is 11.8. The van der Waals surface area contributed by atoms with Gasteiger partial charge in [-0.3, -0.25) is 10.2 Å². The summed E-state index contributed by atoms with van der Waals surface area (Å²) in [6, 6.07) is 0. The normalized spacial score (nSPS) is 26.6. The van der Waals surface area contributed by atoms with Gasteiger partial charge in [0.25, 0.3) is 0 Å². The fourth-order valence-corrected chi connectivity index (χ4v) is 1.41. The maximum atomic E-state index is 11.9. The van der Waals surface area contributed by atoms with E-state index in [2.05, 4.69) is 24.1 Å². The van der Waals surface area contributed by atoms with Gasteiger partial charge in [-0.15, -0.1) is 5.06 Å². The summed E-state index contributed by atoms with van der Waals surface area (Å²) in [4.78, 5) is 8.73. The zero-order valence-electron chi connectivity index (χ0n) is 10.3. The van der Waals surface area contributed by atoms with Gasteiger partial charge in [0.2, 0.25) is 0 Å². The van der Waals surface area contributed by atoms with E-state index in [1.54, 1.807) is 0 Å². The second-order valence-corrected chi connectivity index (χ2v) is 3.89. The molecule has 1 rings (SSSR count). The molecule has 1 heterocycles. The molecule has 5 heteroatoms. The highest BCUT2D eigenvalue weighted by Crippen LogP contribution is 2.18. The number of nitrogens with one attached hydrogen (secondary N) is 1. The summed E-state index contributed by atoms with van der Waals surface area (Å²) in [5.41, 5.74) is 0. The first kappa shape index (κ1) is 14.8. The minimum Gasteiger partial charge on any atom is -0.298 e. The van der Waals surface area contributed by atoms with Crippen molar-refractivity contribution in [1.82, 2.24) is 10.4 Å². The Balaban J connectivity index is 0.000000583. The summed E-state index contributed by atoms with van der Waals surface area (Å²) < 4.78 is 11.9. The largest absolute Gasteiger partial charge is 0.298 e. The monoisotopic (exact) mass is 222 g/mol. The highest BCUT2D eigenvalue weighted by atomic mass is 19.3. The molecular formula is C10H23FN2O2. The molecule has 0 aromatic rings. The van der Waals surface area contributed by atoms with Crippen LogP contribution >= 0.6 is 0 Å². The van der Waals surface area contributed by atoms with Gasteiger partial charge in [-0.2, -0.15) is 4.94 Å². The Kier molecular flexibility index (Phi) is 7.86. The summed E-state index contributed by atoms with van der Waals surface area (Å²) in [6.45, 7) is 8.77. The third-order valence-corrected chi connectivity index (χ3v) is 2.00. The van der Waals surface area contributed by atoms with Gasteiger partial charge in [-0.1, -0.05) is 34.1 Å². The molecule has 0 saturated carbocycles. The first-order chi connectivity index (χ1) is 7.12. The van der Waals surface area contributed by atoms with Crippen LogP contribution in [0.2, 0.25) is 0 Å². The Morgan fingerprint density at radius 1 is 1.47 bits per heavy atom. The number of hydrogen-bond donors (Lipinski definition) is 1. The van der Waals surface area contributed by atoms with Gasteiger partial charge in [0.15, 0.2) is 6.23 Å². The van der Waals surface area contributed by atoms with E-state index in [1.807, 2.05) is 13.8 Å². The summed E-state index contributed by atoms with van der Waals surface area (Å²) in [5, 5.41) is 4.58. The maximum absolute atomic E-state index is 11.9. The molecule has 92 valence electrons. The second kappa shape index (κ2) is 7.98. The van der Waals surface area contributed by atoms with Gasteiger partial charge in [-0.25, -0.2) is 0 Å². The quantitative estimate of drug-likeness (QED) is 0.792. The average molecular weight is 222 g/mol. The van der Waals surface area contributed by atoms with Crippen molar-refractivity contribution in [3.8, 4) is 0 Å². The fraction of sp³-hybridized carbons (Fsp3) is 1.00.